The first kappa shape index (κ1) is 17.7. The molecule has 0 unspecified atom stereocenters. The molecular formula is C20H25NO4. The molecule has 1 amide bonds. The summed E-state index contributed by atoms with van der Waals surface area (Å²) in [5.74, 6) is -0.948. The average Bonchev–Trinajstić information content (AvgIpc) is 3.13. The number of likely N-dealkylation sites (tertiary alicyclic amines) is 1. The highest BCUT2D eigenvalue weighted by Gasteiger charge is 2.25. The second kappa shape index (κ2) is 8.30. The van der Waals surface area contributed by atoms with Gasteiger partial charge in [-0.05, 0) is 49.5 Å². The quantitative estimate of drug-likeness (QED) is 0.833. The summed E-state index contributed by atoms with van der Waals surface area (Å²) in [7, 11) is 0. The lowest BCUT2D eigenvalue weighted by Crippen LogP contribution is -2.40. The summed E-state index contributed by atoms with van der Waals surface area (Å²) in [5, 5.41) is 8.89. The van der Waals surface area contributed by atoms with Gasteiger partial charge in [-0.2, -0.15) is 0 Å². The molecule has 0 atom stereocenters. The molecule has 1 saturated heterocycles. The molecule has 1 aromatic rings. The number of aromatic carboxylic acids is 1. The number of piperidine rings is 1. The van der Waals surface area contributed by atoms with Crippen molar-refractivity contribution >= 4 is 18.0 Å². The minimum absolute atomic E-state index is 0.00151. The van der Waals surface area contributed by atoms with E-state index in [1.807, 2.05) is 4.90 Å². The molecule has 3 rings (SSSR count). The minimum atomic E-state index is -0.950. The molecule has 1 N–H and O–H groups in total. The third kappa shape index (κ3) is 4.92. The summed E-state index contributed by atoms with van der Waals surface area (Å²) >= 11 is 0. The van der Waals surface area contributed by atoms with E-state index < -0.39 is 5.97 Å². The fourth-order valence-corrected chi connectivity index (χ4v) is 3.52. The second-order valence-electron chi connectivity index (χ2n) is 6.83. The van der Waals surface area contributed by atoms with Crippen LogP contribution in [0.1, 0.15) is 54.4 Å². The first-order valence-electron chi connectivity index (χ1n) is 9.07. The fourth-order valence-electron chi connectivity index (χ4n) is 3.52. The molecule has 5 heteroatoms. The zero-order valence-electron chi connectivity index (χ0n) is 14.4. The Kier molecular flexibility index (Phi) is 5.87. The van der Waals surface area contributed by atoms with E-state index >= 15 is 0 Å². The molecule has 1 saturated carbocycles. The molecule has 5 nitrogen and oxygen atoms in total. The Labute approximate surface area is 148 Å². The Morgan fingerprint density at radius 1 is 1.00 bits per heavy atom. The molecule has 1 heterocycles. The van der Waals surface area contributed by atoms with Crippen LogP contribution in [0.3, 0.4) is 0 Å². The van der Waals surface area contributed by atoms with Gasteiger partial charge in [0.05, 0.1) is 17.8 Å². The van der Waals surface area contributed by atoms with E-state index in [0.29, 0.717) is 12.2 Å². The van der Waals surface area contributed by atoms with E-state index in [4.69, 9.17) is 9.84 Å². The topological polar surface area (TPSA) is 66.8 Å². The maximum Gasteiger partial charge on any atom is 0.335 e. The molecule has 134 valence electrons. The fraction of sp³-hybridized carbons (Fsp3) is 0.500. The van der Waals surface area contributed by atoms with Crippen LogP contribution in [0.5, 0.6) is 0 Å². The van der Waals surface area contributed by atoms with Crippen LogP contribution in [0, 0.1) is 0 Å². The third-order valence-corrected chi connectivity index (χ3v) is 5.02. The maximum atomic E-state index is 12.3. The van der Waals surface area contributed by atoms with Crippen molar-refractivity contribution in [3.63, 3.8) is 0 Å². The summed E-state index contributed by atoms with van der Waals surface area (Å²) in [4.78, 5) is 25.0. The van der Waals surface area contributed by atoms with Gasteiger partial charge in [0, 0.05) is 19.2 Å². The van der Waals surface area contributed by atoms with Crippen LogP contribution in [0.2, 0.25) is 0 Å². The van der Waals surface area contributed by atoms with E-state index in [2.05, 4.69) is 0 Å². The molecule has 0 radical (unpaired) electrons. The Hall–Kier alpha value is -2.14. The zero-order chi connectivity index (χ0) is 17.6. The van der Waals surface area contributed by atoms with Crippen molar-refractivity contribution in [3.8, 4) is 0 Å². The first-order chi connectivity index (χ1) is 12.1. The summed E-state index contributed by atoms with van der Waals surface area (Å²) < 4.78 is 6.14. The monoisotopic (exact) mass is 343 g/mol. The van der Waals surface area contributed by atoms with Crippen LogP contribution in [0.4, 0.5) is 0 Å². The number of hydrogen-bond donors (Lipinski definition) is 1. The van der Waals surface area contributed by atoms with Crippen molar-refractivity contribution in [1.29, 1.82) is 0 Å². The molecule has 0 bridgehead atoms. The van der Waals surface area contributed by atoms with E-state index in [1.54, 1.807) is 36.4 Å². The number of ether oxygens (including phenoxy) is 1. The van der Waals surface area contributed by atoms with Gasteiger partial charge in [0.2, 0.25) is 5.91 Å². The Bertz CT molecular complexity index is 624. The van der Waals surface area contributed by atoms with Crippen LogP contribution in [-0.4, -0.2) is 47.2 Å². The van der Waals surface area contributed by atoms with Gasteiger partial charge in [-0.3, -0.25) is 4.79 Å². The van der Waals surface area contributed by atoms with Crippen LogP contribution < -0.4 is 0 Å². The van der Waals surface area contributed by atoms with Crippen LogP contribution in [-0.2, 0) is 9.53 Å². The standard InChI is InChI=1S/C20H25NO4/c22-19(10-7-15-5-8-16(9-6-15)20(23)24)21-13-11-18(12-14-21)25-17-3-1-2-4-17/h5-10,17-18H,1-4,11-14H2,(H,23,24). The Morgan fingerprint density at radius 3 is 2.20 bits per heavy atom. The molecule has 0 spiro atoms. The van der Waals surface area contributed by atoms with Crippen molar-refractivity contribution in [1.82, 2.24) is 4.90 Å². The van der Waals surface area contributed by atoms with Gasteiger partial charge in [-0.25, -0.2) is 4.79 Å². The lowest BCUT2D eigenvalue weighted by Gasteiger charge is -2.32. The second-order valence-corrected chi connectivity index (χ2v) is 6.83. The first-order valence-corrected chi connectivity index (χ1v) is 9.07. The number of carboxylic acids is 1. The molecule has 1 aliphatic carbocycles. The zero-order valence-corrected chi connectivity index (χ0v) is 14.4. The smallest absolute Gasteiger partial charge is 0.335 e. The molecule has 2 fully saturated rings. The summed E-state index contributed by atoms with van der Waals surface area (Å²) in [6.07, 6.45) is 10.8. The van der Waals surface area contributed by atoms with Crippen molar-refractivity contribution in [2.24, 2.45) is 0 Å². The molecule has 2 aliphatic rings. The normalized spacial score (nSPS) is 19.6. The minimum Gasteiger partial charge on any atom is -0.478 e. The number of carboxylic acid groups (broad SMARTS) is 1. The highest BCUT2D eigenvalue weighted by molar-refractivity contribution is 5.92. The number of hydrogen-bond acceptors (Lipinski definition) is 3. The average molecular weight is 343 g/mol. The number of carbonyl (C=O) groups is 2. The van der Waals surface area contributed by atoms with Crippen molar-refractivity contribution in [2.75, 3.05) is 13.1 Å². The van der Waals surface area contributed by atoms with Gasteiger partial charge >= 0.3 is 5.97 Å². The van der Waals surface area contributed by atoms with Gasteiger partial charge in [-0.15, -0.1) is 0 Å². The Morgan fingerprint density at radius 2 is 1.60 bits per heavy atom. The summed E-state index contributed by atoms with van der Waals surface area (Å²) in [5.41, 5.74) is 1.06. The van der Waals surface area contributed by atoms with E-state index in [-0.39, 0.29) is 11.5 Å². The lowest BCUT2D eigenvalue weighted by atomic mass is 10.1. The number of carbonyl (C=O) groups excluding carboxylic acids is 1. The molecule has 0 aromatic heterocycles. The summed E-state index contributed by atoms with van der Waals surface area (Å²) in [6, 6.07) is 6.49. The summed E-state index contributed by atoms with van der Waals surface area (Å²) in [6.45, 7) is 1.47. The number of rotatable bonds is 5. The maximum absolute atomic E-state index is 12.3. The molecule has 25 heavy (non-hydrogen) atoms. The van der Waals surface area contributed by atoms with E-state index in [9.17, 15) is 9.59 Å². The third-order valence-electron chi connectivity index (χ3n) is 5.02. The molecule has 1 aromatic carbocycles. The largest absolute Gasteiger partial charge is 0.478 e. The highest BCUT2D eigenvalue weighted by Crippen LogP contribution is 2.25. The van der Waals surface area contributed by atoms with Gasteiger partial charge in [0.1, 0.15) is 0 Å². The number of nitrogens with zero attached hydrogens (tertiary/aromatic N) is 1. The van der Waals surface area contributed by atoms with Gasteiger partial charge in [0.15, 0.2) is 0 Å². The van der Waals surface area contributed by atoms with Crippen LogP contribution >= 0.6 is 0 Å². The van der Waals surface area contributed by atoms with Crippen molar-refractivity contribution in [2.45, 2.75) is 50.7 Å². The SMILES string of the molecule is O=C(O)c1ccc(C=CC(=O)N2CCC(OC3CCCC3)CC2)cc1. The van der Waals surface area contributed by atoms with E-state index in [1.165, 1.54) is 25.7 Å². The van der Waals surface area contributed by atoms with Crippen molar-refractivity contribution in [3.05, 3.63) is 41.5 Å². The van der Waals surface area contributed by atoms with Gasteiger partial charge in [0.25, 0.3) is 0 Å². The van der Waals surface area contributed by atoms with Crippen molar-refractivity contribution < 1.29 is 19.4 Å². The Balaban J connectivity index is 1.46. The number of amides is 1. The molecule has 1 aliphatic heterocycles. The predicted molar refractivity (Wildman–Crippen MR) is 95.4 cm³/mol. The van der Waals surface area contributed by atoms with Crippen LogP contribution in [0.15, 0.2) is 30.3 Å². The van der Waals surface area contributed by atoms with Crippen LogP contribution in [0.25, 0.3) is 6.08 Å². The lowest BCUT2D eigenvalue weighted by molar-refractivity contribution is -0.129. The number of benzene rings is 1. The molecular weight excluding hydrogens is 318 g/mol. The van der Waals surface area contributed by atoms with Gasteiger partial charge in [-0.1, -0.05) is 25.0 Å². The van der Waals surface area contributed by atoms with E-state index in [0.717, 1.165) is 31.5 Å². The van der Waals surface area contributed by atoms with Gasteiger partial charge < -0.3 is 14.7 Å². The highest BCUT2D eigenvalue weighted by atomic mass is 16.5. The predicted octanol–water partition coefficient (Wildman–Crippen LogP) is 3.35.